The Hall–Kier alpha value is -1.10. The van der Waals surface area contributed by atoms with Crippen LogP contribution in [-0.4, -0.2) is 57.6 Å². The van der Waals surface area contributed by atoms with Gasteiger partial charge in [-0.1, -0.05) is 18.2 Å². The number of benzene rings is 1. The van der Waals surface area contributed by atoms with Gasteiger partial charge in [0.05, 0.1) is 26.4 Å². The van der Waals surface area contributed by atoms with E-state index in [2.05, 4.69) is 30.1 Å². The molecule has 4 heteroatoms. The molecule has 0 amide bonds. The van der Waals surface area contributed by atoms with Crippen LogP contribution < -0.4 is 4.74 Å². The standard InChI is InChI=1S/C16H23NO3/c1-17(9-13-11-18-6-7-19-12-13)10-15-8-14-4-2-3-5-16(14)20-15/h2-5,13,15H,6-12H2,1H3. The number of hydrogen-bond donors (Lipinski definition) is 0. The predicted octanol–water partition coefficient (Wildman–Crippen LogP) is 1.58. The van der Waals surface area contributed by atoms with Crippen molar-refractivity contribution < 1.29 is 14.2 Å². The van der Waals surface area contributed by atoms with Gasteiger partial charge in [-0.05, 0) is 18.7 Å². The van der Waals surface area contributed by atoms with Crippen molar-refractivity contribution in [2.75, 3.05) is 46.6 Å². The van der Waals surface area contributed by atoms with E-state index < -0.39 is 0 Å². The number of nitrogens with zero attached hydrogens (tertiary/aromatic N) is 1. The lowest BCUT2D eigenvalue weighted by Gasteiger charge is -2.24. The second-order valence-corrected chi connectivity index (χ2v) is 5.79. The third-order valence-corrected chi connectivity index (χ3v) is 3.88. The summed E-state index contributed by atoms with van der Waals surface area (Å²) in [4.78, 5) is 2.33. The maximum absolute atomic E-state index is 5.99. The van der Waals surface area contributed by atoms with Crippen LogP contribution in [0.4, 0.5) is 0 Å². The van der Waals surface area contributed by atoms with Gasteiger partial charge in [-0.2, -0.15) is 0 Å². The monoisotopic (exact) mass is 277 g/mol. The topological polar surface area (TPSA) is 30.9 Å². The van der Waals surface area contributed by atoms with Gasteiger partial charge >= 0.3 is 0 Å². The van der Waals surface area contributed by atoms with Crippen LogP contribution in [0, 0.1) is 5.92 Å². The largest absolute Gasteiger partial charge is 0.488 e. The van der Waals surface area contributed by atoms with Crippen LogP contribution in [0.1, 0.15) is 5.56 Å². The Labute approximate surface area is 120 Å². The molecule has 0 aliphatic carbocycles. The molecule has 0 radical (unpaired) electrons. The van der Waals surface area contributed by atoms with Gasteiger partial charge < -0.3 is 19.1 Å². The molecule has 0 spiro atoms. The first-order chi connectivity index (χ1) is 9.81. The van der Waals surface area contributed by atoms with Gasteiger partial charge in [0.1, 0.15) is 11.9 Å². The summed E-state index contributed by atoms with van der Waals surface area (Å²) in [5, 5.41) is 0. The molecule has 0 aromatic heterocycles. The summed E-state index contributed by atoms with van der Waals surface area (Å²) in [7, 11) is 2.15. The molecule has 110 valence electrons. The summed E-state index contributed by atoms with van der Waals surface area (Å²) >= 11 is 0. The van der Waals surface area contributed by atoms with E-state index in [1.165, 1.54) is 5.56 Å². The Morgan fingerprint density at radius 2 is 1.85 bits per heavy atom. The molecular weight excluding hydrogens is 254 g/mol. The van der Waals surface area contributed by atoms with E-state index in [-0.39, 0.29) is 6.10 Å². The highest BCUT2D eigenvalue weighted by molar-refractivity contribution is 5.37. The van der Waals surface area contributed by atoms with Gasteiger partial charge in [0, 0.05) is 25.4 Å². The second-order valence-electron chi connectivity index (χ2n) is 5.79. The summed E-state index contributed by atoms with van der Waals surface area (Å²) in [5.41, 5.74) is 1.33. The summed E-state index contributed by atoms with van der Waals surface area (Å²) in [6.45, 7) is 5.00. The molecule has 1 saturated heterocycles. The Bertz CT molecular complexity index is 404. The molecule has 0 bridgehead atoms. The van der Waals surface area contributed by atoms with Gasteiger partial charge in [-0.15, -0.1) is 0 Å². The highest BCUT2D eigenvalue weighted by Gasteiger charge is 2.24. The fourth-order valence-corrected chi connectivity index (χ4v) is 2.99. The van der Waals surface area contributed by atoms with Crippen LogP contribution >= 0.6 is 0 Å². The highest BCUT2D eigenvalue weighted by atomic mass is 16.5. The van der Waals surface area contributed by atoms with Crippen LogP contribution in [-0.2, 0) is 15.9 Å². The van der Waals surface area contributed by atoms with E-state index in [4.69, 9.17) is 14.2 Å². The predicted molar refractivity (Wildman–Crippen MR) is 77.2 cm³/mol. The number of para-hydroxylation sites is 1. The SMILES string of the molecule is CN(CC1COCCOC1)CC1Cc2ccccc2O1. The third kappa shape index (κ3) is 3.51. The van der Waals surface area contributed by atoms with Crippen molar-refractivity contribution in [1.82, 2.24) is 4.90 Å². The molecule has 0 N–H and O–H groups in total. The molecule has 2 aliphatic rings. The quantitative estimate of drug-likeness (QED) is 0.836. The Morgan fingerprint density at radius 3 is 2.60 bits per heavy atom. The minimum Gasteiger partial charge on any atom is -0.488 e. The molecule has 2 heterocycles. The maximum atomic E-state index is 5.99. The highest BCUT2D eigenvalue weighted by Crippen LogP contribution is 2.28. The van der Waals surface area contributed by atoms with Crippen molar-refractivity contribution in [3.8, 4) is 5.75 Å². The average molecular weight is 277 g/mol. The summed E-state index contributed by atoms with van der Waals surface area (Å²) in [5.74, 6) is 1.51. The lowest BCUT2D eigenvalue weighted by Crippen LogP contribution is -2.37. The van der Waals surface area contributed by atoms with E-state index in [1.54, 1.807) is 0 Å². The van der Waals surface area contributed by atoms with Crippen molar-refractivity contribution in [1.29, 1.82) is 0 Å². The zero-order chi connectivity index (χ0) is 13.8. The first-order valence-corrected chi connectivity index (χ1v) is 7.40. The first kappa shape index (κ1) is 13.9. The number of ether oxygens (including phenoxy) is 3. The van der Waals surface area contributed by atoms with Gasteiger partial charge in [0.2, 0.25) is 0 Å². The van der Waals surface area contributed by atoms with E-state index in [0.29, 0.717) is 5.92 Å². The first-order valence-electron chi connectivity index (χ1n) is 7.40. The zero-order valence-corrected chi connectivity index (χ0v) is 12.1. The third-order valence-electron chi connectivity index (χ3n) is 3.88. The Kier molecular flexibility index (Phi) is 4.55. The van der Waals surface area contributed by atoms with Gasteiger partial charge in [-0.3, -0.25) is 0 Å². The molecule has 1 aromatic rings. The molecule has 2 aliphatic heterocycles. The minimum atomic E-state index is 0.269. The zero-order valence-electron chi connectivity index (χ0n) is 12.1. The number of fused-ring (bicyclic) bond motifs is 1. The molecule has 0 saturated carbocycles. The van der Waals surface area contributed by atoms with Crippen molar-refractivity contribution in [2.45, 2.75) is 12.5 Å². The molecule has 4 nitrogen and oxygen atoms in total. The fraction of sp³-hybridized carbons (Fsp3) is 0.625. The van der Waals surface area contributed by atoms with Crippen molar-refractivity contribution >= 4 is 0 Å². The molecular formula is C16H23NO3. The number of likely N-dealkylation sites (N-methyl/N-ethyl adjacent to an activating group) is 1. The van der Waals surface area contributed by atoms with Crippen molar-refractivity contribution in [3.63, 3.8) is 0 Å². The van der Waals surface area contributed by atoms with Crippen molar-refractivity contribution in [3.05, 3.63) is 29.8 Å². The normalized spacial score (nSPS) is 23.4. The van der Waals surface area contributed by atoms with Crippen LogP contribution in [0.2, 0.25) is 0 Å². The van der Waals surface area contributed by atoms with Gasteiger partial charge in [-0.25, -0.2) is 0 Å². The number of rotatable bonds is 4. The number of hydrogen-bond acceptors (Lipinski definition) is 4. The van der Waals surface area contributed by atoms with E-state index >= 15 is 0 Å². The smallest absolute Gasteiger partial charge is 0.123 e. The molecule has 1 fully saturated rings. The van der Waals surface area contributed by atoms with Crippen LogP contribution in [0.3, 0.4) is 0 Å². The van der Waals surface area contributed by atoms with E-state index in [9.17, 15) is 0 Å². The second kappa shape index (κ2) is 6.57. The summed E-state index contributed by atoms with van der Waals surface area (Å²) < 4.78 is 17.1. The molecule has 3 rings (SSSR count). The van der Waals surface area contributed by atoms with Crippen molar-refractivity contribution in [2.24, 2.45) is 5.92 Å². The lowest BCUT2D eigenvalue weighted by atomic mass is 10.1. The fourth-order valence-electron chi connectivity index (χ4n) is 2.99. The maximum Gasteiger partial charge on any atom is 0.123 e. The van der Waals surface area contributed by atoms with Gasteiger partial charge in [0.15, 0.2) is 0 Å². The van der Waals surface area contributed by atoms with E-state index in [1.807, 2.05) is 6.07 Å². The molecule has 1 aromatic carbocycles. The van der Waals surface area contributed by atoms with Crippen LogP contribution in [0.25, 0.3) is 0 Å². The van der Waals surface area contributed by atoms with Gasteiger partial charge in [0.25, 0.3) is 0 Å². The molecule has 20 heavy (non-hydrogen) atoms. The summed E-state index contributed by atoms with van der Waals surface area (Å²) in [6, 6.07) is 8.32. The lowest BCUT2D eigenvalue weighted by molar-refractivity contribution is 0.0961. The Morgan fingerprint density at radius 1 is 1.10 bits per heavy atom. The van der Waals surface area contributed by atoms with E-state index in [0.717, 1.165) is 51.7 Å². The molecule has 1 atom stereocenters. The molecule has 1 unspecified atom stereocenters. The van der Waals surface area contributed by atoms with Crippen LogP contribution in [0.5, 0.6) is 5.75 Å². The minimum absolute atomic E-state index is 0.269. The summed E-state index contributed by atoms with van der Waals surface area (Å²) in [6.07, 6.45) is 1.28. The average Bonchev–Trinajstić information content (AvgIpc) is 2.66. The van der Waals surface area contributed by atoms with Crippen LogP contribution in [0.15, 0.2) is 24.3 Å². The Balaban J connectivity index is 1.46.